The summed E-state index contributed by atoms with van der Waals surface area (Å²) < 4.78 is 56.8. The highest BCUT2D eigenvalue weighted by Gasteiger charge is 2.39. The van der Waals surface area contributed by atoms with Gasteiger partial charge in [-0.15, -0.1) is 0 Å². The van der Waals surface area contributed by atoms with Gasteiger partial charge in [0.15, 0.2) is 0 Å². The fourth-order valence-corrected chi connectivity index (χ4v) is 5.99. The largest absolute Gasteiger partial charge is 0.507 e. The van der Waals surface area contributed by atoms with Crippen LogP contribution in [-0.4, -0.2) is 69.3 Å². The van der Waals surface area contributed by atoms with Gasteiger partial charge in [-0.1, -0.05) is 18.2 Å². The number of halogens is 1. The zero-order valence-electron chi connectivity index (χ0n) is 25.5. The molecule has 0 aliphatic carbocycles. The molecule has 0 radical (unpaired) electrons. The number of aromatic hydroxyl groups is 1. The topological polar surface area (TPSA) is 186 Å². The number of alkyl carbamates (subject to hydrolysis) is 1. The highest BCUT2D eigenvalue weighted by molar-refractivity contribution is 7.90. The first-order valence-corrected chi connectivity index (χ1v) is 15.8. The van der Waals surface area contributed by atoms with Crippen molar-refractivity contribution in [3.8, 4) is 11.5 Å². The van der Waals surface area contributed by atoms with Crippen LogP contribution >= 0.6 is 0 Å². The summed E-state index contributed by atoms with van der Waals surface area (Å²) in [6.07, 6.45) is 0.360. The molecule has 1 heterocycles. The Morgan fingerprint density at radius 3 is 2.49 bits per heavy atom. The maximum absolute atomic E-state index is 15.0. The van der Waals surface area contributed by atoms with Crippen LogP contribution in [0.15, 0.2) is 36.4 Å². The molecule has 0 aromatic heterocycles. The van der Waals surface area contributed by atoms with Crippen LogP contribution in [-0.2, 0) is 35.5 Å². The molecule has 2 atom stereocenters. The van der Waals surface area contributed by atoms with Gasteiger partial charge in [-0.05, 0) is 63.8 Å². The normalized spacial score (nSPS) is 16.3. The van der Waals surface area contributed by atoms with Crippen LogP contribution in [0.4, 0.5) is 9.18 Å². The number of nitrogens with one attached hydrogen (secondary N) is 3. The van der Waals surface area contributed by atoms with Gasteiger partial charge in [0.05, 0.1) is 20.1 Å². The second-order valence-corrected chi connectivity index (χ2v) is 13.2. The van der Waals surface area contributed by atoms with Crippen molar-refractivity contribution < 1.29 is 51.3 Å². The summed E-state index contributed by atoms with van der Waals surface area (Å²) in [6, 6.07) is 7.04. The minimum atomic E-state index is -4.05. The number of hydrogen-bond acceptors (Lipinski definition) is 10. The van der Waals surface area contributed by atoms with Crippen molar-refractivity contribution in [2.75, 3.05) is 20.3 Å². The summed E-state index contributed by atoms with van der Waals surface area (Å²) in [6.45, 7) is 5.46. The minimum Gasteiger partial charge on any atom is -0.507 e. The van der Waals surface area contributed by atoms with Gasteiger partial charge in [0.2, 0.25) is 21.8 Å². The van der Waals surface area contributed by atoms with Crippen LogP contribution in [0.3, 0.4) is 0 Å². The molecule has 1 aliphatic rings. The lowest BCUT2D eigenvalue weighted by Gasteiger charge is -2.23. The van der Waals surface area contributed by atoms with Crippen LogP contribution in [0.25, 0.3) is 0 Å². The van der Waals surface area contributed by atoms with Gasteiger partial charge in [0.25, 0.3) is 0 Å². The molecule has 13 nitrogen and oxygen atoms in total. The van der Waals surface area contributed by atoms with Crippen LogP contribution < -0.4 is 20.1 Å². The molecule has 0 saturated carbocycles. The number of amides is 3. The fourth-order valence-electron chi connectivity index (χ4n) is 4.55. The average Bonchev–Trinajstić information content (AvgIpc) is 3.21. The van der Waals surface area contributed by atoms with Crippen molar-refractivity contribution in [3.63, 3.8) is 0 Å². The van der Waals surface area contributed by atoms with Crippen molar-refractivity contribution in [1.29, 1.82) is 0 Å². The minimum absolute atomic E-state index is 0.0685. The molecule has 15 heteroatoms. The molecule has 2 unspecified atom stereocenters. The number of carbonyl (C=O) groups is 4. The lowest BCUT2D eigenvalue weighted by molar-refractivity contribution is -0.123. The summed E-state index contributed by atoms with van der Waals surface area (Å²) in [5.41, 5.74) is -0.777. The Balaban J connectivity index is 1.57. The molecule has 0 bridgehead atoms. The number of benzene rings is 2. The second kappa shape index (κ2) is 15.1. The van der Waals surface area contributed by atoms with Crippen molar-refractivity contribution >= 4 is 33.9 Å². The predicted molar refractivity (Wildman–Crippen MR) is 159 cm³/mol. The van der Waals surface area contributed by atoms with Crippen LogP contribution in [0.5, 0.6) is 11.5 Å². The van der Waals surface area contributed by atoms with E-state index in [4.69, 9.17) is 9.47 Å². The third-order valence-electron chi connectivity index (χ3n) is 6.63. The Labute approximate surface area is 260 Å². The van der Waals surface area contributed by atoms with Gasteiger partial charge in [-0.25, -0.2) is 22.4 Å². The lowest BCUT2D eigenvalue weighted by atomic mass is 10.0. The Morgan fingerprint density at radius 2 is 1.87 bits per heavy atom. The van der Waals surface area contributed by atoms with Gasteiger partial charge < -0.3 is 30.0 Å². The molecular formula is C30H38FN3O10S. The molecule has 45 heavy (non-hydrogen) atoms. The van der Waals surface area contributed by atoms with Crippen molar-refractivity contribution in [3.05, 3.63) is 58.9 Å². The molecule has 1 fully saturated rings. The van der Waals surface area contributed by atoms with Gasteiger partial charge in [-0.2, -0.15) is 0 Å². The third-order valence-corrected chi connectivity index (χ3v) is 8.31. The highest BCUT2D eigenvalue weighted by atomic mass is 32.2. The first-order valence-electron chi connectivity index (χ1n) is 14.2. The van der Waals surface area contributed by atoms with E-state index < -0.39 is 63.0 Å². The standard InChI is InChI=1S/C30H38FN3O10S/c1-30(2,3)44-29(39)33-21(16-18-11-12-19(20(31)15-18)24-17-25(36)34-45(24,40)41)27(37)32-13-6-5-7-14-43-23-10-8-9-22(35)26(23)28(38)42-4/h8-12,15,21,24,35H,5-7,13-14,16-17H2,1-4H3,(H,32,37)(H,33,39)(H,34,36). The molecule has 1 aliphatic heterocycles. The van der Waals surface area contributed by atoms with Crippen LogP contribution in [0.1, 0.15) is 73.2 Å². The number of esters is 1. The quantitative estimate of drug-likeness (QED) is 0.185. The zero-order valence-corrected chi connectivity index (χ0v) is 26.3. The van der Waals surface area contributed by atoms with Gasteiger partial charge in [-0.3, -0.25) is 14.3 Å². The average molecular weight is 652 g/mol. The smallest absolute Gasteiger partial charge is 0.408 e. The van der Waals surface area contributed by atoms with Crippen molar-refractivity contribution in [1.82, 2.24) is 15.4 Å². The first kappa shape index (κ1) is 35.1. The SMILES string of the molecule is COC(=O)c1c(O)cccc1OCCCCCNC(=O)C(Cc1ccc(C2CC(=O)NS2(=O)=O)c(F)c1)NC(=O)OC(C)(C)C. The van der Waals surface area contributed by atoms with E-state index in [1.807, 2.05) is 4.72 Å². The number of rotatable bonds is 13. The first-order chi connectivity index (χ1) is 21.1. The molecule has 1 saturated heterocycles. The molecule has 4 N–H and O–H groups in total. The lowest BCUT2D eigenvalue weighted by Crippen LogP contribution is -2.49. The van der Waals surface area contributed by atoms with Crippen molar-refractivity contribution in [2.45, 2.75) is 69.8 Å². The van der Waals surface area contributed by atoms with Crippen LogP contribution in [0, 0.1) is 5.82 Å². The monoisotopic (exact) mass is 651 g/mol. The fraction of sp³-hybridized carbons (Fsp3) is 0.467. The Morgan fingerprint density at radius 1 is 1.13 bits per heavy atom. The Kier molecular flexibility index (Phi) is 11.7. The van der Waals surface area contributed by atoms with E-state index >= 15 is 4.39 Å². The maximum Gasteiger partial charge on any atom is 0.408 e. The number of methoxy groups -OCH3 is 1. The van der Waals surface area contributed by atoms with Gasteiger partial charge >= 0.3 is 12.1 Å². The van der Waals surface area contributed by atoms with Crippen LogP contribution in [0.2, 0.25) is 0 Å². The molecule has 0 spiro atoms. The number of ether oxygens (including phenoxy) is 3. The summed E-state index contributed by atoms with van der Waals surface area (Å²) in [4.78, 5) is 49.1. The van der Waals surface area contributed by atoms with E-state index in [2.05, 4.69) is 15.4 Å². The highest BCUT2D eigenvalue weighted by Crippen LogP contribution is 2.32. The zero-order chi connectivity index (χ0) is 33.4. The molecule has 3 amide bonds. The maximum atomic E-state index is 15.0. The van der Waals surface area contributed by atoms with E-state index in [1.165, 1.54) is 37.4 Å². The number of hydrogen-bond donors (Lipinski definition) is 4. The predicted octanol–water partition coefficient (Wildman–Crippen LogP) is 3.01. The summed E-state index contributed by atoms with van der Waals surface area (Å²) in [5, 5.41) is 13.8. The van der Waals surface area contributed by atoms with Crippen molar-refractivity contribution in [2.24, 2.45) is 0 Å². The second-order valence-electron chi connectivity index (χ2n) is 11.4. The van der Waals surface area contributed by atoms with E-state index in [-0.39, 0.29) is 42.2 Å². The number of unbranched alkanes of at least 4 members (excludes halogenated alkanes) is 2. The Hall–Kier alpha value is -4.40. The number of phenols is 1. The van der Waals surface area contributed by atoms with E-state index in [0.717, 1.165) is 6.07 Å². The number of sulfonamides is 1. The summed E-state index contributed by atoms with van der Waals surface area (Å²) >= 11 is 0. The van der Waals surface area contributed by atoms with Gasteiger partial charge in [0.1, 0.15) is 39.8 Å². The Bertz CT molecular complexity index is 1520. The number of carbonyl (C=O) groups excluding carboxylic acids is 4. The molecule has 3 rings (SSSR count). The number of phenolic OH excluding ortho intramolecular Hbond substituents is 1. The van der Waals surface area contributed by atoms with E-state index in [1.54, 1.807) is 20.8 Å². The molecular weight excluding hydrogens is 613 g/mol. The molecule has 2 aromatic rings. The molecule has 246 valence electrons. The third kappa shape index (κ3) is 10.1. The van der Waals surface area contributed by atoms with Gasteiger partial charge in [0, 0.05) is 18.5 Å². The summed E-state index contributed by atoms with van der Waals surface area (Å²) in [7, 11) is -2.85. The summed E-state index contributed by atoms with van der Waals surface area (Å²) in [5.74, 6) is -2.93. The van der Waals surface area contributed by atoms with E-state index in [0.29, 0.717) is 24.8 Å². The van der Waals surface area contributed by atoms with E-state index in [9.17, 15) is 32.7 Å². The molecule has 2 aromatic carbocycles.